The van der Waals surface area contributed by atoms with Gasteiger partial charge in [-0.2, -0.15) is 0 Å². The number of rotatable bonds is 6. The molecule has 2 aliphatic heterocycles. The zero-order chi connectivity index (χ0) is 26.3. The fourth-order valence-electron chi connectivity index (χ4n) is 5.12. The number of sulfonamides is 1. The number of benzene rings is 2. The first-order valence-corrected chi connectivity index (χ1v) is 14.6. The van der Waals surface area contributed by atoms with Gasteiger partial charge in [-0.15, -0.1) is 0 Å². The van der Waals surface area contributed by atoms with Crippen LogP contribution in [0.15, 0.2) is 30.3 Å². The Morgan fingerprint density at radius 3 is 2.33 bits per heavy atom. The maximum atomic E-state index is 13.5. The van der Waals surface area contributed by atoms with Crippen molar-refractivity contribution >= 4 is 39.1 Å². The monoisotopic (exact) mass is 554 g/mol. The third-order valence-electron chi connectivity index (χ3n) is 7.30. The predicted octanol–water partition coefficient (Wildman–Crippen LogP) is 5.81. The van der Waals surface area contributed by atoms with Crippen molar-refractivity contribution < 1.29 is 22.7 Å². The highest BCUT2D eigenvalue weighted by molar-refractivity contribution is 7.88. The maximum Gasteiger partial charge on any atom is 0.255 e. The normalized spacial score (nSPS) is 18.1. The molecule has 0 radical (unpaired) electrons. The number of nitrogens with zero attached hydrogens (tertiary/aromatic N) is 2. The maximum absolute atomic E-state index is 13.5. The number of ether oxygens (including phenoxy) is 2. The first-order valence-electron chi connectivity index (χ1n) is 12.0. The van der Waals surface area contributed by atoms with Gasteiger partial charge >= 0.3 is 0 Å². The molecule has 4 rings (SSSR count). The van der Waals surface area contributed by atoms with Crippen molar-refractivity contribution in [3.63, 3.8) is 0 Å². The second-order valence-corrected chi connectivity index (χ2v) is 12.8. The molecule has 2 aromatic rings. The van der Waals surface area contributed by atoms with Gasteiger partial charge in [-0.1, -0.05) is 37.0 Å². The van der Waals surface area contributed by atoms with Crippen LogP contribution in [-0.4, -0.2) is 63.1 Å². The predicted molar refractivity (Wildman–Crippen MR) is 142 cm³/mol. The van der Waals surface area contributed by atoms with E-state index in [2.05, 4.69) is 13.8 Å². The summed E-state index contributed by atoms with van der Waals surface area (Å²) in [6.07, 6.45) is 3.56. The fraction of sp³-hybridized carbons (Fsp3) is 0.500. The number of likely N-dealkylation sites (tertiary alicyclic amines) is 1. The minimum atomic E-state index is -3.19. The van der Waals surface area contributed by atoms with Gasteiger partial charge in [0.05, 0.1) is 29.0 Å². The van der Waals surface area contributed by atoms with E-state index in [1.165, 1.54) is 10.6 Å². The Kier molecular flexibility index (Phi) is 7.81. The Balaban J connectivity index is 1.53. The third kappa shape index (κ3) is 5.47. The summed E-state index contributed by atoms with van der Waals surface area (Å²) in [4.78, 5) is 15.3. The van der Waals surface area contributed by atoms with Crippen LogP contribution in [0.1, 0.15) is 54.9 Å². The van der Waals surface area contributed by atoms with E-state index in [1.54, 1.807) is 30.2 Å². The van der Waals surface area contributed by atoms with Crippen molar-refractivity contribution in [2.75, 3.05) is 39.5 Å². The summed E-state index contributed by atoms with van der Waals surface area (Å²) in [6.45, 7) is 6.28. The molecule has 2 heterocycles. The molecule has 7 nitrogen and oxygen atoms in total. The molecule has 0 aliphatic carbocycles. The molecule has 0 unspecified atom stereocenters. The molecule has 0 bridgehead atoms. The van der Waals surface area contributed by atoms with Crippen molar-refractivity contribution in [1.82, 2.24) is 9.21 Å². The largest absolute Gasteiger partial charge is 0.496 e. The molecule has 1 amide bonds. The number of piperidine rings is 1. The van der Waals surface area contributed by atoms with Crippen LogP contribution in [0.2, 0.25) is 10.0 Å². The zero-order valence-electron chi connectivity index (χ0n) is 21.0. The van der Waals surface area contributed by atoms with E-state index in [0.717, 1.165) is 30.6 Å². The smallest absolute Gasteiger partial charge is 0.255 e. The van der Waals surface area contributed by atoms with E-state index < -0.39 is 10.0 Å². The number of carbonyl (C=O) groups is 1. The summed E-state index contributed by atoms with van der Waals surface area (Å²) in [6, 6.07) is 8.75. The average molecular weight is 556 g/mol. The molecule has 10 heteroatoms. The van der Waals surface area contributed by atoms with Crippen LogP contribution in [0.3, 0.4) is 0 Å². The molecule has 36 heavy (non-hydrogen) atoms. The van der Waals surface area contributed by atoms with Crippen molar-refractivity contribution in [3.8, 4) is 17.2 Å². The highest BCUT2D eigenvalue weighted by Gasteiger charge is 2.43. The van der Waals surface area contributed by atoms with Crippen molar-refractivity contribution in [1.29, 1.82) is 0 Å². The highest BCUT2D eigenvalue weighted by Crippen LogP contribution is 2.44. The highest BCUT2D eigenvalue weighted by atomic mass is 35.5. The topological polar surface area (TPSA) is 76.2 Å². The number of hydrogen-bond donors (Lipinski definition) is 0. The number of amides is 1. The minimum Gasteiger partial charge on any atom is -0.496 e. The van der Waals surface area contributed by atoms with Crippen molar-refractivity contribution in [2.24, 2.45) is 5.41 Å². The fourth-order valence-corrected chi connectivity index (χ4v) is 6.49. The molecule has 2 aromatic carbocycles. The Labute approximate surface area is 223 Å². The van der Waals surface area contributed by atoms with E-state index in [9.17, 15) is 13.2 Å². The molecular weight excluding hydrogens is 523 g/mol. The van der Waals surface area contributed by atoms with Crippen LogP contribution in [0.4, 0.5) is 0 Å². The van der Waals surface area contributed by atoms with Crippen molar-refractivity contribution in [2.45, 2.75) is 39.0 Å². The van der Waals surface area contributed by atoms with Gasteiger partial charge in [-0.25, -0.2) is 12.7 Å². The van der Waals surface area contributed by atoms with E-state index in [1.807, 2.05) is 12.1 Å². The molecule has 0 aromatic heterocycles. The number of methoxy groups -OCH3 is 1. The molecule has 2 fully saturated rings. The second kappa shape index (κ2) is 10.4. The summed E-state index contributed by atoms with van der Waals surface area (Å²) in [7, 11) is -1.57. The van der Waals surface area contributed by atoms with Crippen LogP contribution < -0.4 is 9.47 Å². The Hall–Kier alpha value is -2.00. The molecule has 0 N–H and O–H groups in total. The van der Waals surface area contributed by atoms with Crippen molar-refractivity contribution in [3.05, 3.63) is 51.5 Å². The van der Waals surface area contributed by atoms with Crippen LogP contribution in [0, 0.1) is 5.41 Å². The Morgan fingerprint density at radius 2 is 1.72 bits per heavy atom. The lowest BCUT2D eigenvalue weighted by molar-refractivity contribution is 0.0750. The SMILES string of the molecule is COc1ccc(Oc2c(Cl)ccc(C(=O)N3CCC4(CCN(S(C)(=O)=O)CC4)C3)c2Cl)cc1C(C)C. The van der Waals surface area contributed by atoms with E-state index >= 15 is 0 Å². The summed E-state index contributed by atoms with van der Waals surface area (Å²) in [5.74, 6) is 1.59. The quantitative estimate of drug-likeness (QED) is 0.450. The first-order chi connectivity index (χ1) is 16.9. The van der Waals surface area contributed by atoms with Crippen LogP contribution in [0.25, 0.3) is 0 Å². The van der Waals surface area contributed by atoms with E-state index in [-0.39, 0.29) is 28.0 Å². The lowest BCUT2D eigenvalue weighted by Gasteiger charge is -2.38. The second-order valence-electron chi connectivity index (χ2n) is 10.0. The molecule has 0 saturated carbocycles. The third-order valence-corrected chi connectivity index (χ3v) is 9.28. The molecule has 196 valence electrons. The lowest BCUT2D eigenvalue weighted by atomic mass is 9.78. The molecule has 2 aliphatic rings. The van der Waals surface area contributed by atoms with Gasteiger partial charge in [-0.3, -0.25) is 4.79 Å². The van der Waals surface area contributed by atoms with Gasteiger partial charge in [0.25, 0.3) is 5.91 Å². The summed E-state index contributed by atoms with van der Waals surface area (Å²) in [5.41, 5.74) is 1.25. The summed E-state index contributed by atoms with van der Waals surface area (Å²) >= 11 is 13.1. The van der Waals surface area contributed by atoms with Gasteiger partial charge in [0.2, 0.25) is 10.0 Å². The Bertz CT molecular complexity index is 1260. The summed E-state index contributed by atoms with van der Waals surface area (Å²) < 4.78 is 36.8. The molecule has 0 atom stereocenters. The standard InChI is InChI=1S/C26H32Cl2N2O5S/c1-17(2)20-15-18(5-8-22(20)34-3)35-24-21(27)7-6-19(23(24)28)25(31)29-12-9-26(16-29)10-13-30(14-11-26)36(4,32)33/h5-8,15,17H,9-14,16H2,1-4H3. The van der Waals surface area contributed by atoms with Gasteiger partial charge < -0.3 is 14.4 Å². The van der Waals surface area contributed by atoms with Crippen LogP contribution in [0.5, 0.6) is 17.2 Å². The lowest BCUT2D eigenvalue weighted by Crippen LogP contribution is -2.44. The first kappa shape index (κ1) is 27.0. The Morgan fingerprint density at radius 1 is 1.06 bits per heavy atom. The van der Waals surface area contributed by atoms with E-state index in [4.69, 9.17) is 32.7 Å². The minimum absolute atomic E-state index is 0.0641. The number of hydrogen-bond acceptors (Lipinski definition) is 5. The van der Waals surface area contributed by atoms with Gasteiger partial charge in [-0.05, 0) is 60.9 Å². The zero-order valence-corrected chi connectivity index (χ0v) is 23.3. The van der Waals surface area contributed by atoms with E-state index in [0.29, 0.717) is 42.5 Å². The van der Waals surface area contributed by atoms with Crippen LogP contribution >= 0.6 is 23.2 Å². The summed E-state index contributed by atoms with van der Waals surface area (Å²) in [5, 5.41) is 0.478. The van der Waals surface area contributed by atoms with Gasteiger partial charge in [0.15, 0.2) is 5.75 Å². The molecule has 2 saturated heterocycles. The average Bonchev–Trinajstić information content (AvgIpc) is 3.24. The van der Waals surface area contributed by atoms with Gasteiger partial charge in [0, 0.05) is 31.7 Å². The number of carbonyl (C=O) groups excluding carboxylic acids is 1. The van der Waals surface area contributed by atoms with Gasteiger partial charge in [0.1, 0.15) is 11.5 Å². The number of halogens is 2. The van der Waals surface area contributed by atoms with Crippen LogP contribution in [-0.2, 0) is 10.0 Å². The molecule has 1 spiro atoms. The molecular formula is C26H32Cl2N2O5S.